The second-order valence-corrected chi connectivity index (χ2v) is 7.26. The van der Waals surface area contributed by atoms with Gasteiger partial charge in [0.25, 0.3) is 0 Å². The summed E-state index contributed by atoms with van der Waals surface area (Å²) in [7, 11) is 0. The normalized spacial score (nSPS) is 34.6. The first-order valence-electron chi connectivity index (χ1n) is 7.87. The van der Waals surface area contributed by atoms with Gasteiger partial charge in [-0.2, -0.15) is 0 Å². The topological polar surface area (TPSA) is 80.9 Å². The number of hydrogen-bond acceptors (Lipinski definition) is 5. The molecule has 0 spiro atoms. The summed E-state index contributed by atoms with van der Waals surface area (Å²) < 4.78 is 0. The molecule has 1 rings (SSSR count). The molecule has 0 aromatic heterocycles. The van der Waals surface area contributed by atoms with E-state index in [1.54, 1.807) is 0 Å². The molecule has 0 saturated carbocycles. The van der Waals surface area contributed by atoms with Gasteiger partial charge in [-0.3, -0.25) is 0 Å². The van der Waals surface area contributed by atoms with E-state index in [1.807, 2.05) is 0 Å². The van der Waals surface area contributed by atoms with Gasteiger partial charge >= 0.3 is 0 Å². The first-order valence-corrected chi connectivity index (χ1v) is 8.81. The fraction of sp³-hybridized carbons (Fsp3) is 1.00. The van der Waals surface area contributed by atoms with Crippen LogP contribution in [0.4, 0.5) is 0 Å². The van der Waals surface area contributed by atoms with E-state index in [4.69, 9.17) is 0 Å². The largest absolute Gasteiger partial charge is 0.395 e. The molecule has 4 N–H and O–H groups in total. The maximum atomic E-state index is 10.3. The Morgan fingerprint density at radius 1 is 0.900 bits per heavy atom. The fourth-order valence-electron chi connectivity index (χ4n) is 2.93. The molecule has 20 heavy (non-hydrogen) atoms. The van der Waals surface area contributed by atoms with Crippen LogP contribution in [0.2, 0.25) is 0 Å². The Balaban J connectivity index is 2.75. The Kier molecular flexibility index (Phi) is 8.44. The minimum atomic E-state index is -1.15. The van der Waals surface area contributed by atoms with Gasteiger partial charge in [-0.25, -0.2) is 0 Å². The first-order chi connectivity index (χ1) is 9.56. The molecule has 0 amide bonds. The summed E-state index contributed by atoms with van der Waals surface area (Å²) in [5.41, 5.74) is 0. The van der Waals surface area contributed by atoms with E-state index in [1.165, 1.54) is 11.8 Å². The highest BCUT2D eigenvalue weighted by molar-refractivity contribution is 8.00. The molecular formula is C15H30O4S. The first kappa shape index (κ1) is 18.2. The smallest absolute Gasteiger partial charge is 0.108 e. The molecule has 0 unspecified atom stereocenters. The Hall–Kier alpha value is 0.190. The summed E-state index contributed by atoms with van der Waals surface area (Å²) in [4.78, 5) is 0. The average Bonchev–Trinajstić information content (AvgIpc) is 2.46. The zero-order valence-corrected chi connectivity index (χ0v) is 13.4. The summed E-state index contributed by atoms with van der Waals surface area (Å²) in [6, 6.07) is 0. The van der Waals surface area contributed by atoms with Crippen LogP contribution in [0.15, 0.2) is 0 Å². The van der Waals surface area contributed by atoms with Crippen LogP contribution in [-0.2, 0) is 0 Å². The highest BCUT2D eigenvalue weighted by Crippen LogP contribution is 2.40. The second-order valence-electron chi connectivity index (χ2n) is 5.84. The molecule has 0 bridgehead atoms. The predicted molar refractivity (Wildman–Crippen MR) is 82.8 cm³/mol. The van der Waals surface area contributed by atoms with Crippen molar-refractivity contribution in [1.82, 2.24) is 0 Å². The van der Waals surface area contributed by atoms with E-state index in [0.717, 1.165) is 38.5 Å². The van der Waals surface area contributed by atoms with Gasteiger partial charge in [0.2, 0.25) is 0 Å². The van der Waals surface area contributed by atoms with Crippen molar-refractivity contribution in [3.63, 3.8) is 0 Å². The molecule has 1 saturated heterocycles. The minimum Gasteiger partial charge on any atom is -0.395 e. The van der Waals surface area contributed by atoms with E-state index < -0.39 is 23.6 Å². The fourth-order valence-corrected chi connectivity index (χ4v) is 4.55. The Labute approximate surface area is 126 Å². The predicted octanol–water partition coefficient (Wildman–Crippen LogP) is 1.54. The molecule has 120 valence electrons. The van der Waals surface area contributed by atoms with Gasteiger partial charge in [0.05, 0.1) is 24.1 Å². The maximum Gasteiger partial charge on any atom is 0.108 e. The van der Waals surface area contributed by atoms with E-state index >= 15 is 0 Å². The zero-order valence-electron chi connectivity index (χ0n) is 12.6. The maximum absolute atomic E-state index is 10.3. The van der Waals surface area contributed by atoms with Crippen molar-refractivity contribution in [3.05, 3.63) is 0 Å². The molecule has 1 aliphatic rings. The molecule has 5 atom stereocenters. The zero-order chi connectivity index (χ0) is 15.1. The van der Waals surface area contributed by atoms with E-state index in [9.17, 15) is 20.4 Å². The Bertz CT molecular complexity index is 254. The number of thioether (sulfide) groups is 1. The van der Waals surface area contributed by atoms with E-state index in [-0.39, 0.29) is 11.9 Å². The second kappa shape index (κ2) is 9.26. The van der Waals surface area contributed by atoms with Crippen LogP contribution in [0.5, 0.6) is 0 Å². The van der Waals surface area contributed by atoms with Crippen LogP contribution in [0.3, 0.4) is 0 Å². The lowest BCUT2D eigenvalue weighted by Gasteiger charge is -2.43. The molecular weight excluding hydrogens is 276 g/mol. The SMILES string of the molecule is CCCCC(CCCC)[C@@H]1S[C@H](CO)[C@@H](O)[C@H](O)[C@H]1O. The van der Waals surface area contributed by atoms with Gasteiger partial charge in [0, 0.05) is 5.25 Å². The van der Waals surface area contributed by atoms with Gasteiger partial charge in [-0.1, -0.05) is 39.5 Å². The molecule has 1 heterocycles. The summed E-state index contributed by atoms with van der Waals surface area (Å²) in [5, 5.41) is 39.0. The van der Waals surface area contributed by atoms with Gasteiger partial charge in [-0.05, 0) is 18.8 Å². The molecule has 0 aliphatic carbocycles. The summed E-state index contributed by atoms with van der Waals surface area (Å²) in [6.07, 6.45) is 3.42. The third kappa shape index (κ3) is 4.60. The van der Waals surface area contributed by atoms with Crippen LogP contribution in [0, 0.1) is 5.92 Å². The highest BCUT2D eigenvalue weighted by Gasteiger charge is 2.45. The summed E-state index contributed by atoms with van der Waals surface area (Å²) in [6.45, 7) is 4.13. The monoisotopic (exact) mass is 306 g/mol. The van der Waals surface area contributed by atoms with Crippen LogP contribution < -0.4 is 0 Å². The van der Waals surface area contributed by atoms with Crippen molar-refractivity contribution in [2.24, 2.45) is 5.92 Å². The third-order valence-electron chi connectivity index (χ3n) is 4.25. The molecule has 4 nitrogen and oxygen atoms in total. The van der Waals surface area contributed by atoms with Crippen molar-refractivity contribution in [2.45, 2.75) is 81.2 Å². The van der Waals surface area contributed by atoms with E-state index in [2.05, 4.69) is 13.8 Å². The number of rotatable bonds is 8. The number of aliphatic hydroxyl groups excluding tert-OH is 4. The van der Waals surface area contributed by atoms with Crippen LogP contribution in [0.1, 0.15) is 52.4 Å². The minimum absolute atomic E-state index is 0.0938. The molecule has 0 aromatic rings. The Morgan fingerprint density at radius 2 is 1.45 bits per heavy atom. The molecule has 1 fully saturated rings. The van der Waals surface area contributed by atoms with Crippen molar-refractivity contribution < 1.29 is 20.4 Å². The molecule has 0 radical (unpaired) electrons. The van der Waals surface area contributed by atoms with Crippen molar-refractivity contribution >= 4 is 11.8 Å². The van der Waals surface area contributed by atoms with Gasteiger partial charge in [0.1, 0.15) is 6.10 Å². The lowest BCUT2D eigenvalue weighted by Crippen LogP contribution is -2.55. The quantitative estimate of drug-likeness (QED) is 0.547. The van der Waals surface area contributed by atoms with Crippen molar-refractivity contribution in [3.8, 4) is 0 Å². The van der Waals surface area contributed by atoms with E-state index in [0.29, 0.717) is 5.92 Å². The van der Waals surface area contributed by atoms with Crippen LogP contribution in [-0.4, -0.2) is 55.8 Å². The number of unbranched alkanes of at least 4 members (excludes halogenated alkanes) is 2. The summed E-state index contributed by atoms with van der Waals surface area (Å²) in [5.74, 6) is 0.339. The average molecular weight is 306 g/mol. The summed E-state index contributed by atoms with van der Waals surface area (Å²) >= 11 is 1.45. The lowest BCUT2D eigenvalue weighted by molar-refractivity contribution is -0.0753. The van der Waals surface area contributed by atoms with Crippen molar-refractivity contribution in [1.29, 1.82) is 0 Å². The van der Waals surface area contributed by atoms with Gasteiger partial charge in [0.15, 0.2) is 0 Å². The van der Waals surface area contributed by atoms with Gasteiger partial charge < -0.3 is 20.4 Å². The molecule has 0 aromatic carbocycles. The Morgan fingerprint density at radius 3 is 1.90 bits per heavy atom. The van der Waals surface area contributed by atoms with Gasteiger partial charge in [-0.15, -0.1) is 11.8 Å². The van der Waals surface area contributed by atoms with Crippen molar-refractivity contribution in [2.75, 3.05) is 6.61 Å². The number of aliphatic hydroxyl groups is 4. The standard InChI is InChI=1S/C15H30O4S/c1-3-5-7-10(8-6-4-2)15-14(19)13(18)12(17)11(9-16)20-15/h10-19H,3-9H2,1-2H3/t11-,12-,13+,14-,15+/m1/s1. The molecule has 5 heteroatoms. The van der Waals surface area contributed by atoms with Crippen LogP contribution in [0.25, 0.3) is 0 Å². The number of hydrogen-bond donors (Lipinski definition) is 4. The van der Waals surface area contributed by atoms with Crippen LogP contribution >= 0.6 is 11.8 Å². The highest BCUT2D eigenvalue weighted by atomic mass is 32.2. The molecule has 1 aliphatic heterocycles. The third-order valence-corrected chi connectivity index (χ3v) is 6.01. The lowest BCUT2D eigenvalue weighted by atomic mass is 9.87.